The van der Waals surface area contributed by atoms with E-state index in [1.54, 1.807) is 0 Å². The van der Waals surface area contributed by atoms with Gasteiger partial charge in [0.25, 0.3) is 17.4 Å². The molecule has 4 rings (SSSR count). The second kappa shape index (κ2) is 9.69. The van der Waals surface area contributed by atoms with Crippen LogP contribution in [0.4, 0.5) is 27.6 Å². The molecule has 8 nitrogen and oxygen atoms in total. The number of likely N-dealkylation sites (tertiary alicyclic amines) is 1. The van der Waals surface area contributed by atoms with Gasteiger partial charge in [0.2, 0.25) is 0 Å². The minimum atomic E-state index is -4.76. The summed E-state index contributed by atoms with van der Waals surface area (Å²) in [5, 5.41) is 8.92. The molecule has 0 aliphatic carbocycles. The third-order valence-electron chi connectivity index (χ3n) is 6.39. The molecule has 2 aromatic carbocycles. The fourth-order valence-corrected chi connectivity index (χ4v) is 4.44. The van der Waals surface area contributed by atoms with Crippen LogP contribution < -0.4 is 10.5 Å². The van der Waals surface area contributed by atoms with Gasteiger partial charge in [-0.15, -0.1) is 0 Å². The van der Waals surface area contributed by atoms with E-state index >= 15 is 0 Å². The quantitative estimate of drug-likeness (QED) is 0.478. The van der Waals surface area contributed by atoms with Crippen LogP contribution in [0, 0.1) is 6.92 Å². The van der Waals surface area contributed by atoms with Gasteiger partial charge < -0.3 is 14.9 Å². The molecule has 0 unspecified atom stereocenters. The second-order valence-corrected chi connectivity index (χ2v) is 9.20. The Labute approximate surface area is 212 Å². The number of alkyl halides is 5. The van der Waals surface area contributed by atoms with Crippen LogP contribution in [0.2, 0.25) is 0 Å². The predicted octanol–water partition coefficient (Wildman–Crippen LogP) is 3.93. The van der Waals surface area contributed by atoms with E-state index in [-0.39, 0.29) is 40.9 Å². The first-order valence-corrected chi connectivity index (χ1v) is 11.5. The SMILES string of the molecule is Cc1nc2cc(C(F)(F)F)c(CN(C)c3ccc(C(=O)N4CCC(F)(F)C4)cc3)cc2c(=O)n1CC(=O)O. The zero-order valence-corrected chi connectivity index (χ0v) is 20.4. The molecular weight excluding hydrogens is 515 g/mol. The number of anilines is 1. The third kappa shape index (κ3) is 5.46. The maximum absolute atomic E-state index is 13.9. The van der Waals surface area contributed by atoms with Gasteiger partial charge in [-0.1, -0.05) is 0 Å². The Bertz CT molecular complexity index is 1470. The largest absolute Gasteiger partial charge is 0.480 e. The predicted molar refractivity (Wildman–Crippen MR) is 127 cm³/mol. The zero-order valence-electron chi connectivity index (χ0n) is 20.4. The van der Waals surface area contributed by atoms with Crippen molar-refractivity contribution in [3.8, 4) is 0 Å². The number of aryl methyl sites for hydroxylation is 1. The molecule has 1 saturated heterocycles. The molecule has 1 fully saturated rings. The smallest absolute Gasteiger partial charge is 0.416 e. The molecule has 0 spiro atoms. The average molecular weight is 538 g/mol. The van der Waals surface area contributed by atoms with Gasteiger partial charge in [0, 0.05) is 37.8 Å². The molecule has 1 N–H and O–H groups in total. The number of hydrogen-bond acceptors (Lipinski definition) is 5. The fourth-order valence-electron chi connectivity index (χ4n) is 4.44. The Morgan fingerprint density at radius 1 is 1.16 bits per heavy atom. The minimum Gasteiger partial charge on any atom is -0.480 e. The Hall–Kier alpha value is -4.03. The number of fused-ring (bicyclic) bond motifs is 1. The van der Waals surface area contributed by atoms with Gasteiger partial charge in [-0.05, 0) is 48.9 Å². The number of benzene rings is 2. The lowest BCUT2D eigenvalue weighted by molar-refractivity contribution is -0.138. The van der Waals surface area contributed by atoms with Gasteiger partial charge in [-0.3, -0.25) is 19.0 Å². The van der Waals surface area contributed by atoms with Crippen molar-refractivity contribution in [3.63, 3.8) is 0 Å². The maximum atomic E-state index is 13.9. The summed E-state index contributed by atoms with van der Waals surface area (Å²) < 4.78 is 69.5. The minimum absolute atomic E-state index is 0.0322. The molecule has 3 aromatic rings. The molecule has 2 heterocycles. The summed E-state index contributed by atoms with van der Waals surface area (Å²) in [6.45, 7) is -0.383. The average Bonchev–Trinajstić information content (AvgIpc) is 3.20. The molecule has 0 saturated carbocycles. The van der Waals surface area contributed by atoms with E-state index in [9.17, 15) is 36.3 Å². The van der Waals surface area contributed by atoms with Crippen LogP contribution in [0.25, 0.3) is 10.9 Å². The van der Waals surface area contributed by atoms with E-state index in [2.05, 4.69) is 4.98 Å². The van der Waals surface area contributed by atoms with Gasteiger partial charge in [-0.2, -0.15) is 13.2 Å². The first kappa shape index (κ1) is 27.0. The van der Waals surface area contributed by atoms with Crippen molar-refractivity contribution in [2.24, 2.45) is 0 Å². The van der Waals surface area contributed by atoms with Crippen LogP contribution in [-0.2, 0) is 24.1 Å². The van der Waals surface area contributed by atoms with Crippen molar-refractivity contribution in [2.45, 2.75) is 38.5 Å². The van der Waals surface area contributed by atoms with Gasteiger partial charge in [0.05, 0.1) is 23.0 Å². The van der Waals surface area contributed by atoms with Crippen LogP contribution in [0.15, 0.2) is 41.2 Å². The number of halogens is 5. The second-order valence-electron chi connectivity index (χ2n) is 9.20. The van der Waals surface area contributed by atoms with Crippen molar-refractivity contribution >= 4 is 28.5 Å². The van der Waals surface area contributed by atoms with Gasteiger partial charge in [-0.25, -0.2) is 13.8 Å². The van der Waals surface area contributed by atoms with E-state index in [0.717, 1.165) is 21.6 Å². The van der Waals surface area contributed by atoms with Crippen molar-refractivity contribution in [1.29, 1.82) is 0 Å². The standard InChI is InChI=1S/C25H23F5N4O4/c1-14-31-20-10-19(25(28,29)30)16(9-18(20)23(38)34(14)12-21(35)36)11-32(2)17-5-3-15(4-6-17)22(37)33-8-7-24(26,27)13-33/h3-6,9-10H,7-8,11-13H2,1-2H3,(H,35,36). The number of nitrogens with zero attached hydrogens (tertiary/aromatic N) is 4. The molecule has 1 aromatic heterocycles. The molecule has 1 amide bonds. The summed E-state index contributed by atoms with van der Waals surface area (Å²) in [5.41, 5.74) is -1.61. The van der Waals surface area contributed by atoms with E-state index in [4.69, 9.17) is 5.11 Å². The van der Waals surface area contributed by atoms with Crippen molar-refractivity contribution in [1.82, 2.24) is 14.5 Å². The van der Waals surface area contributed by atoms with E-state index in [1.807, 2.05) is 0 Å². The first-order valence-electron chi connectivity index (χ1n) is 11.5. The van der Waals surface area contributed by atoms with Crippen LogP contribution in [0.1, 0.15) is 33.7 Å². The Morgan fingerprint density at radius 3 is 2.37 bits per heavy atom. The molecule has 1 aliphatic rings. The highest BCUT2D eigenvalue weighted by Crippen LogP contribution is 2.35. The number of hydrogen-bond donors (Lipinski definition) is 1. The number of carboxylic acid groups (broad SMARTS) is 1. The molecule has 202 valence electrons. The van der Waals surface area contributed by atoms with Gasteiger partial charge in [0.1, 0.15) is 12.4 Å². The number of rotatable bonds is 6. The molecule has 38 heavy (non-hydrogen) atoms. The number of carboxylic acids is 1. The number of carbonyl (C=O) groups excluding carboxylic acids is 1. The van der Waals surface area contributed by atoms with Crippen molar-refractivity contribution < 1.29 is 36.6 Å². The number of carbonyl (C=O) groups is 2. The van der Waals surface area contributed by atoms with E-state index in [1.165, 1.54) is 43.1 Å². The number of amides is 1. The Balaban J connectivity index is 1.65. The summed E-state index contributed by atoms with van der Waals surface area (Å²) in [4.78, 5) is 43.1. The van der Waals surface area contributed by atoms with Crippen LogP contribution in [0.3, 0.4) is 0 Å². The normalized spacial score (nSPS) is 15.2. The topological polar surface area (TPSA) is 95.7 Å². The number of aliphatic carboxylic acids is 1. The summed E-state index contributed by atoms with van der Waals surface area (Å²) in [6.07, 6.45) is -5.17. The maximum Gasteiger partial charge on any atom is 0.416 e. The lowest BCUT2D eigenvalue weighted by Crippen LogP contribution is -2.31. The molecular formula is C25H23F5N4O4. The van der Waals surface area contributed by atoms with Crippen molar-refractivity contribution in [3.05, 3.63) is 69.3 Å². The summed E-state index contributed by atoms with van der Waals surface area (Å²) in [6, 6.07) is 7.62. The summed E-state index contributed by atoms with van der Waals surface area (Å²) >= 11 is 0. The fraction of sp³-hybridized carbons (Fsp3) is 0.360. The molecule has 0 atom stereocenters. The first-order chi connectivity index (χ1) is 17.7. The van der Waals surface area contributed by atoms with Crippen LogP contribution >= 0.6 is 0 Å². The highest BCUT2D eigenvalue weighted by atomic mass is 19.4. The van der Waals surface area contributed by atoms with Crippen molar-refractivity contribution in [2.75, 3.05) is 25.0 Å². The number of aromatic nitrogens is 2. The molecule has 13 heteroatoms. The summed E-state index contributed by atoms with van der Waals surface area (Å²) in [7, 11) is 1.51. The van der Waals surface area contributed by atoms with Crippen LogP contribution in [0.5, 0.6) is 0 Å². The Kier molecular flexibility index (Phi) is 6.89. The highest BCUT2D eigenvalue weighted by molar-refractivity contribution is 5.94. The molecule has 0 radical (unpaired) electrons. The van der Waals surface area contributed by atoms with Gasteiger partial charge in [0.15, 0.2) is 0 Å². The van der Waals surface area contributed by atoms with Crippen LogP contribution in [-0.4, -0.2) is 57.5 Å². The van der Waals surface area contributed by atoms with Gasteiger partial charge >= 0.3 is 12.1 Å². The Morgan fingerprint density at radius 2 is 1.82 bits per heavy atom. The molecule has 0 bridgehead atoms. The third-order valence-corrected chi connectivity index (χ3v) is 6.39. The van der Waals surface area contributed by atoms with E-state index < -0.39 is 54.6 Å². The molecule has 1 aliphatic heterocycles. The summed E-state index contributed by atoms with van der Waals surface area (Å²) in [5.74, 6) is -4.83. The lowest BCUT2D eigenvalue weighted by Gasteiger charge is -2.23. The monoisotopic (exact) mass is 538 g/mol. The zero-order chi connectivity index (χ0) is 28.0. The highest BCUT2D eigenvalue weighted by Gasteiger charge is 2.40. The lowest BCUT2D eigenvalue weighted by atomic mass is 10.0. The van der Waals surface area contributed by atoms with E-state index in [0.29, 0.717) is 5.69 Å².